The van der Waals surface area contributed by atoms with Crippen LogP contribution in [-0.2, 0) is 14.4 Å². The van der Waals surface area contributed by atoms with E-state index in [-0.39, 0.29) is 0 Å². The van der Waals surface area contributed by atoms with E-state index >= 15 is 0 Å². The molecule has 0 aliphatic carbocycles. The van der Waals surface area contributed by atoms with Crippen molar-refractivity contribution in [1.29, 1.82) is 0 Å². The van der Waals surface area contributed by atoms with E-state index in [1.807, 2.05) is 0 Å². The summed E-state index contributed by atoms with van der Waals surface area (Å²) < 4.78 is 0. The molecule has 0 unspecified atom stereocenters. The van der Waals surface area contributed by atoms with Gasteiger partial charge in [0.05, 0.1) is 0 Å². The molecule has 0 aliphatic heterocycles. The van der Waals surface area contributed by atoms with E-state index in [0.717, 1.165) is 31.3 Å². The molecular formula is C13H25N3O6. The molecule has 0 saturated carbocycles. The van der Waals surface area contributed by atoms with Gasteiger partial charge in [0, 0.05) is 44.4 Å². The molecule has 8 N–H and O–H groups in total. The molecule has 0 aromatic rings. The van der Waals surface area contributed by atoms with E-state index in [1.54, 1.807) is 0 Å². The molecule has 0 fully saturated rings. The number of carboxylic acid groups (broad SMARTS) is 3. The average Bonchev–Trinajstić information content (AvgIpc) is 2.49. The minimum absolute atomic E-state index is 0.694. The Hall–Kier alpha value is -2.49. The number of hydrogen-bond acceptors (Lipinski definition) is 6. The van der Waals surface area contributed by atoms with Crippen molar-refractivity contribution in [3.8, 4) is 0 Å². The van der Waals surface area contributed by atoms with Gasteiger partial charge >= 0.3 is 17.9 Å². The maximum absolute atomic E-state index is 9.25. The van der Waals surface area contributed by atoms with Crippen molar-refractivity contribution in [2.75, 3.05) is 26.2 Å². The number of hydrogen-bond donors (Lipinski definition) is 6. The van der Waals surface area contributed by atoms with Gasteiger partial charge in [-0.2, -0.15) is 0 Å². The van der Waals surface area contributed by atoms with Gasteiger partial charge in [0.1, 0.15) is 0 Å². The molecule has 0 bridgehead atoms. The van der Waals surface area contributed by atoms with Crippen molar-refractivity contribution < 1.29 is 29.7 Å². The van der Waals surface area contributed by atoms with Gasteiger partial charge in [-0.15, -0.1) is 0 Å². The zero-order valence-electron chi connectivity index (χ0n) is 12.4. The Kier molecular flexibility index (Phi) is 34.0. The molecule has 9 nitrogen and oxygen atoms in total. The van der Waals surface area contributed by atoms with Gasteiger partial charge in [-0.05, 0) is 0 Å². The van der Waals surface area contributed by atoms with Crippen LogP contribution < -0.4 is 16.8 Å². The van der Waals surface area contributed by atoms with E-state index in [9.17, 15) is 14.4 Å². The number of rotatable bonds is 7. The lowest BCUT2D eigenvalue weighted by Crippen LogP contribution is -2.27. The van der Waals surface area contributed by atoms with Crippen LogP contribution >= 0.6 is 0 Å². The second kappa shape index (κ2) is 27.0. The largest absolute Gasteiger partial charge is 0.478 e. The highest BCUT2D eigenvalue weighted by molar-refractivity contribution is 5.79. The number of nitrogens with two attached hydrogens (primary N) is 2. The summed E-state index contributed by atoms with van der Waals surface area (Å²) in [6.45, 7) is 12.0. The molecule has 0 aliphatic rings. The quantitative estimate of drug-likeness (QED) is 0.261. The predicted octanol–water partition coefficient (Wildman–Crippen LogP) is -0.736. The van der Waals surface area contributed by atoms with E-state index < -0.39 is 17.9 Å². The average molecular weight is 319 g/mol. The fourth-order valence-electron chi connectivity index (χ4n) is 0.329. The third-order valence-electron chi connectivity index (χ3n) is 1.17. The molecule has 0 amide bonds. The molecule has 128 valence electrons. The summed E-state index contributed by atoms with van der Waals surface area (Å²) in [5.74, 6) is -2.94. The topological polar surface area (TPSA) is 176 Å². The molecule has 0 atom stereocenters. The lowest BCUT2D eigenvalue weighted by molar-refractivity contribution is -0.132. The summed E-state index contributed by atoms with van der Waals surface area (Å²) in [6, 6.07) is 0. The standard InChI is InChI=1S/C4H13N3.3C3H4O2/c5-1-3-7-4-2-6;3*1-2-3(4)5/h7H,1-6H2;3*2H,1H2,(H,4,5). The summed E-state index contributed by atoms with van der Waals surface area (Å²) >= 11 is 0. The summed E-state index contributed by atoms with van der Waals surface area (Å²) in [4.78, 5) is 27.8. The summed E-state index contributed by atoms with van der Waals surface area (Å²) in [5, 5.41) is 25.8. The molecule has 22 heavy (non-hydrogen) atoms. The lowest BCUT2D eigenvalue weighted by Gasteiger charge is -1.95. The highest BCUT2D eigenvalue weighted by atomic mass is 16.4. The number of carboxylic acids is 3. The molecule has 0 saturated heterocycles. The predicted molar refractivity (Wildman–Crippen MR) is 84.5 cm³/mol. The van der Waals surface area contributed by atoms with Gasteiger partial charge in [-0.1, -0.05) is 19.7 Å². The zero-order chi connectivity index (χ0) is 18.4. The third kappa shape index (κ3) is 84.6. The minimum Gasteiger partial charge on any atom is -0.478 e. The van der Waals surface area contributed by atoms with Crippen LogP contribution in [0.15, 0.2) is 38.0 Å². The third-order valence-corrected chi connectivity index (χ3v) is 1.17. The van der Waals surface area contributed by atoms with Gasteiger partial charge in [-0.3, -0.25) is 0 Å². The fourth-order valence-corrected chi connectivity index (χ4v) is 0.329. The van der Waals surface area contributed by atoms with Gasteiger partial charge in [0.15, 0.2) is 0 Å². The monoisotopic (exact) mass is 319 g/mol. The Morgan fingerprint density at radius 2 is 0.955 bits per heavy atom. The summed E-state index contributed by atoms with van der Waals surface area (Å²) in [6.07, 6.45) is 2.50. The highest BCUT2D eigenvalue weighted by Crippen LogP contribution is 1.55. The Labute approximate surface area is 129 Å². The van der Waals surface area contributed by atoms with Crippen LogP contribution in [0.2, 0.25) is 0 Å². The first-order valence-electron chi connectivity index (χ1n) is 5.90. The number of aliphatic carboxylic acids is 3. The first-order chi connectivity index (χ1) is 10.2. The normalized spacial score (nSPS) is 7.36. The molecule has 0 radical (unpaired) electrons. The van der Waals surface area contributed by atoms with Crippen molar-refractivity contribution in [1.82, 2.24) is 5.32 Å². The fraction of sp³-hybridized carbons (Fsp3) is 0.308. The van der Waals surface area contributed by atoms with E-state index in [2.05, 4.69) is 25.1 Å². The molecule has 0 aromatic heterocycles. The molecule has 0 rings (SSSR count). The van der Waals surface area contributed by atoms with E-state index in [4.69, 9.17) is 26.8 Å². The summed E-state index contributed by atoms with van der Waals surface area (Å²) in [7, 11) is 0. The molecule has 0 spiro atoms. The van der Waals surface area contributed by atoms with Crippen LogP contribution in [0.25, 0.3) is 0 Å². The maximum Gasteiger partial charge on any atom is 0.327 e. The first-order valence-corrected chi connectivity index (χ1v) is 5.90. The van der Waals surface area contributed by atoms with Gasteiger partial charge in [0.25, 0.3) is 0 Å². The molecular weight excluding hydrogens is 294 g/mol. The van der Waals surface area contributed by atoms with Crippen LogP contribution in [-0.4, -0.2) is 59.4 Å². The van der Waals surface area contributed by atoms with Crippen molar-refractivity contribution in [3.63, 3.8) is 0 Å². The van der Waals surface area contributed by atoms with Crippen molar-refractivity contribution >= 4 is 17.9 Å². The van der Waals surface area contributed by atoms with Crippen LogP contribution in [0.4, 0.5) is 0 Å². The molecule has 9 heteroatoms. The minimum atomic E-state index is -0.981. The summed E-state index contributed by atoms with van der Waals surface area (Å²) in [5.41, 5.74) is 10.3. The van der Waals surface area contributed by atoms with E-state index in [0.29, 0.717) is 13.1 Å². The van der Waals surface area contributed by atoms with Gasteiger partial charge in [0.2, 0.25) is 0 Å². The Morgan fingerprint density at radius 1 is 0.773 bits per heavy atom. The van der Waals surface area contributed by atoms with E-state index in [1.165, 1.54) is 0 Å². The zero-order valence-corrected chi connectivity index (χ0v) is 12.4. The highest BCUT2D eigenvalue weighted by Gasteiger charge is 1.76. The van der Waals surface area contributed by atoms with Crippen LogP contribution in [0, 0.1) is 0 Å². The van der Waals surface area contributed by atoms with Crippen LogP contribution in [0.5, 0.6) is 0 Å². The van der Waals surface area contributed by atoms with Gasteiger partial charge < -0.3 is 32.1 Å². The van der Waals surface area contributed by atoms with Crippen LogP contribution in [0.3, 0.4) is 0 Å². The Morgan fingerprint density at radius 3 is 1.05 bits per heavy atom. The first kappa shape index (κ1) is 27.8. The number of carbonyl (C=O) groups is 3. The smallest absolute Gasteiger partial charge is 0.327 e. The molecule has 0 aromatic carbocycles. The SMILES string of the molecule is C=CC(=O)O.C=CC(=O)O.C=CC(=O)O.NCCNCCN. The van der Waals surface area contributed by atoms with Crippen molar-refractivity contribution in [2.45, 2.75) is 0 Å². The second-order valence-corrected chi connectivity index (χ2v) is 2.95. The van der Waals surface area contributed by atoms with Crippen molar-refractivity contribution in [3.05, 3.63) is 38.0 Å². The maximum atomic E-state index is 9.25. The van der Waals surface area contributed by atoms with Crippen molar-refractivity contribution in [2.24, 2.45) is 11.5 Å². The number of nitrogens with one attached hydrogen (secondary N) is 1. The molecule has 0 heterocycles. The van der Waals surface area contributed by atoms with Crippen LogP contribution in [0.1, 0.15) is 0 Å². The lowest BCUT2D eigenvalue weighted by atomic mass is 10.6. The van der Waals surface area contributed by atoms with Gasteiger partial charge in [-0.25, -0.2) is 14.4 Å². The second-order valence-electron chi connectivity index (χ2n) is 2.95. The Bertz CT molecular complexity index is 285. The Balaban J connectivity index is -0.0000000995.